The maximum Gasteiger partial charge on any atom is 0.125 e. The van der Waals surface area contributed by atoms with Crippen molar-refractivity contribution in [3.05, 3.63) is 28.8 Å². The fraction of sp³-hybridized carbons (Fsp3) is 0.647. The zero-order chi connectivity index (χ0) is 14.1. The summed E-state index contributed by atoms with van der Waals surface area (Å²) in [5.41, 5.74) is 3.68. The number of aryl methyl sites for hydroxylation is 2. The largest absolute Gasteiger partial charge is 0.487 e. The van der Waals surface area contributed by atoms with Gasteiger partial charge in [0.2, 0.25) is 0 Å². The molecule has 110 valence electrons. The highest BCUT2D eigenvalue weighted by Crippen LogP contribution is 2.30. The second kappa shape index (κ2) is 5.74. The van der Waals surface area contributed by atoms with Crippen LogP contribution in [0.25, 0.3) is 0 Å². The third-order valence-corrected chi connectivity index (χ3v) is 4.38. The first-order chi connectivity index (χ1) is 9.63. The minimum atomic E-state index is -0.301. The molecule has 0 radical (unpaired) electrons. The highest BCUT2D eigenvalue weighted by Gasteiger charge is 2.28. The van der Waals surface area contributed by atoms with Gasteiger partial charge in [-0.2, -0.15) is 0 Å². The Morgan fingerprint density at radius 2 is 1.85 bits per heavy atom. The second-order valence-electron chi connectivity index (χ2n) is 6.37. The molecule has 2 aliphatic carbocycles. The minimum absolute atomic E-state index is 0.0251. The summed E-state index contributed by atoms with van der Waals surface area (Å²) in [6.07, 6.45) is 5.20. The predicted molar refractivity (Wildman–Crippen MR) is 80.1 cm³/mol. The van der Waals surface area contributed by atoms with Gasteiger partial charge in [0.1, 0.15) is 11.9 Å². The van der Waals surface area contributed by atoms with Crippen molar-refractivity contribution in [2.45, 2.75) is 70.7 Å². The third-order valence-electron chi connectivity index (χ3n) is 4.38. The molecule has 1 aromatic rings. The highest BCUT2D eigenvalue weighted by molar-refractivity contribution is 5.43. The van der Waals surface area contributed by atoms with Crippen molar-refractivity contribution in [2.24, 2.45) is 0 Å². The van der Waals surface area contributed by atoms with E-state index in [1.807, 2.05) is 0 Å². The number of aliphatic hydroxyl groups is 1. The zero-order valence-electron chi connectivity index (χ0n) is 12.5. The smallest absolute Gasteiger partial charge is 0.125 e. The lowest BCUT2D eigenvalue weighted by atomic mass is 10.1. The first kappa shape index (κ1) is 13.9. The number of rotatable bonds is 5. The summed E-state index contributed by atoms with van der Waals surface area (Å²) in [6.45, 7) is 5.15. The number of aliphatic hydroxyl groups excluding tert-OH is 1. The molecule has 3 rings (SSSR count). The SMILES string of the molecule is Cc1cc(CNC2CC2)cc(C)c1OC1CCCC1O. The number of hydrogen-bond donors (Lipinski definition) is 2. The molecule has 2 N–H and O–H groups in total. The summed E-state index contributed by atoms with van der Waals surface area (Å²) in [7, 11) is 0. The van der Waals surface area contributed by atoms with Crippen LogP contribution in [0.5, 0.6) is 5.75 Å². The van der Waals surface area contributed by atoms with Crippen LogP contribution >= 0.6 is 0 Å². The first-order valence-electron chi connectivity index (χ1n) is 7.81. The van der Waals surface area contributed by atoms with Gasteiger partial charge >= 0.3 is 0 Å². The van der Waals surface area contributed by atoms with Crippen molar-refractivity contribution in [3.8, 4) is 5.75 Å². The van der Waals surface area contributed by atoms with E-state index in [4.69, 9.17) is 4.74 Å². The van der Waals surface area contributed by atoms with Crippen molar-refractivity contribution in [1.82, 2.24) is 5.32 Å². The Kier molecular flexibility index (Phi) is 3.99. The van der Waals surface area contributed by atoms with Gasteiger partial charge in [0.25, 0.3) is 0 Å². The van der Waals surface area contributed by atoms with Gasteiger partial charge in [-0.05, 0) is 62.6 Å². The van der Waals surface area contributed by atoms with Gasteiger partial charge in [-0.1, -0.05) is 12.1 Å². The van der Waals surface area contributed by atoms with E-state index in [0.717, 1.165) is 37.6 Å². The number of ether oxygens (including phenoxy) is 1. The van der Waals surface area contributed by atoms with E-state index in [-0.39, 0.29) is 12.2 Å². The van der Waals surface area contributed by atoms with Crippen LogP contribution < -0.4 is 10.1 Å². The molecule has 0 amide bonds. The fourth-order valence-electron chi connectivity index (χ4n) is 3.07. The molecule has 3 heteroatoms. The van der Waals surface area contributed by atoms with Gasteiger partial charge in [-0.3, -0.25) is 0 Å². The molecule has 0 aromatic heterocycles. The van der Waals surface area contributed by atoms with E-state index in [2.05, 4.69) is 31.3 Å². The summed E-state index contributed by atoms with van der Waals surface area (Å²) >= 11 is 0. The standard InChI is InChI=1S/C17H25NO2/c1-11-8-13(10-18-14-6-7-14)9-12(2)17(11)20-16-5-3-4-15(16)19/h8-9,14-16,18-19H,3-7,10H2,1-2H3. The average Bonchev–Trinajstić information content (AvgIpc) is 3.15. The topological polar surface area (TPSA) is 41.5 Å². The molecule has 2 fully saturated rings. The summed E-state index contributed by atoms with van der Waals surface area (Å²) in [4.78, 5) is 0. The van der Waals surface area contributed by atoms with E-state index < -0.39 is 0 Å². The van der Waals surface area contributed by atoms with E-state index >= 15 is 0 Å². The molecule has 2 unspecified atom stereocenters. The Morgan fingerprint density at radius 3 is 2.40 bits per heavy atom. The van der Waals surface area contributed by atoms with Gasteiger partial charge in [-0.25, -0.2) is 0 Å². The van der Waals surface area contributed by atoms with Crippen molar-refractivity contribution in [1.29, 1.82) is 0 Å². The monoisotopic (exact) mass is 275 g/mol. The van der Waals surface area contributed by atoms with E-state index in [9.17, 15) is 5.11 Å². The first-order valence-corrected chi connectivity index (χ1v) is 7.81. The minimum Gasteiger partial charge on any atom is -0.487 e. The number of benzene rings is 1. The third kappa shape index (κ3) is 3.15. The van der Waals surface area contributed by atoms with Crippen molar-refractivity contribution < 1.29 is 9.84 Å². The molecule has 1 aromatic carbocycles. The highest BCUT2D eigenvalue weighted by atomic mass is 16.5. The maximum atomic E-state index is 9.90. The van der Waals surface area contributed by atoms with Gasteiger partial charge in [0.05, 0.1) is 6.10 Å². The molecular weight excluding hydrogens is 250 g/mol. The second-order valence-corrected chi connectivity index (χ2v) is 6.37. The summed E-state index contributed by atoms with van der Waals surface area (Å²) in [6, 6.07) is 5.15. The van der Waals surface area contributed by atoms with Crippen LogP contribution in [0.2, 0.25) is 0 Å². The Bertz CT molecular complexity index is 459. The number of nitrogens with one attached hydrogen (secondary N) is 1. The van der Waals surface area contributed by atoms with Crippen LogP contribution in [-0.2, 0) is 6.54 Å². The maximum absolute atomic E-state index is 9.90. The fourth-order valence-corrected chi connectivity index (χ4v) is 3.07. The van der Waals surface area contributed by atoms with Gasteiger partial charge in [-0.15, -0.1) is 0 Å². The summed E-state index contributed by atoms with van der Waals surface area (Å²) in [5, 5.41) is 13.5. The van der Waals surface area contributed by atoms with Crippen LogP contribution in [0.4, 0.5) is 0 Å². The molecule has 0 aliphatic heterocycles. The quantitative estimate of drug-likeness (QED) is 0.868. The summed E-state index contributed by atoms with van der Waals surface area (Å²) in [5.74, 6) is 0.964. The normalized spacial score (nSPS) is 25.9. The number of hydrogen-bond acceptors (Lipinski definition) is 3. The predicted octanol–water partition coefficient (Wildman–Crippen LogP) is 2.85. The van der Waals surface area contributed by atoms with E-state index in [1.54, 1.807) is 0 Å². The lowest BCUT2D eigenvalue weighted by molar-refractivity contribution is 0.0595. The molecule has 2 atom stereocenters. The van der Waals surface area contributed by atoms with Crippen molar-refractivity contribution >= 4 is 0 Å². The van der Waals surface area contributed by atoms with Crippen molar-refractivity contribution in [3.63, 3.8) is 0 Å². The molecule has 0 heterocycles. The molecule has 2 saturated carbocycles. The molecule has 20 heavy (non-hydrogen) atoms. The molecule has 2 aliphatic rings. The van der Waals surface area contributed by atoms with Crippen LogP contribution in [-0.4, -0.2) is 23.4 Å². The lowest BCUT2D eigenvalue weighted by Crippen LogP contribution is -2.26. The Balaban J connectivity index is 1.70. The van der Waals surface area contributed by atoms with E-state index in [0.29, 0.717) is 0 Å². The Labute approximate surface area is 121 Å². The molecule has 0 bridgehead atoms. The van der Waals surface area contributed by atoms with Crippen LogP contribution in [0.3, 0.4) is 0 Å². The molecule has 0 saturated heterocycles. The van der Waals surface area contributed by atoms with Crippen LogP contribution in [0, 0.1) is 13.8 Å². The van der Waals surface area contributed by atoms with Gasteiger partial charge in [0, 0.05) is 12.6 Å². The van der Waals surface area contributed by atoms with Crippen LogP contribution in [0.15, 0.2) is 12.1 Å². The Hall–Kier alpha value is -1.06. The van der Waals surface area contributed by atoms with Gasteiger partial charge < -0.3 is 15.2 Å². The zero-order valence-corrected chi connectivity index (χ0v) is 12.5. The lowest BCUT2D eigenvalue weighted by Gasteiger charge is -2.21. The molecule has 3 nitrogen and oxygen atoms in total. The molecule has 0 spiro atoms. The average molecular weight is 275 g/mol. The van der Waals surface area contributed by atoms with Crippen LogP contribution in [0.1, 0.15) is 48.8 Å². The summed E-state index contributed by atoms with van der Waals surface area (Å²) < 4.78 is 6.07. The van der Waals surface area contributed by atoms with Gasteiger partial charge in [0.15, 0.2) is 0 Å². The molecular formula is C17H25NO2. The van der Waals surface area contributed by atoms with E-state index in [1.165, 1.54) is 29.5 Å². The van der Waals surface area contributed by atoms with Crippen molar-refractivity contribution in [2.75, 3.05) is 0 Å². The Morgan fingerprint density at radius 1 is 1.15 bits per heavy atom.